The summed E-state index contributed by atoms with van der Waals surface area (Å²) in [5.41, 5.74) is 0. The van der Waals surface area contributed by atoms with Crippen LogP contribution in [-0.2, 0) is 0 Å². The number of thioether (sulfide) groups is 4. The highest BCUT2D eigenvalue weighted by Gasteiger charge is 1.92. The quantitative estimate of drug-likeness (QED) is 0.538. The van der Waals surface area contributed by atoms with Gasteiger partial charge in [-0.2, -0.15) is 0 Å². The zero-order valence-electron chi connectivity index (χ0n) is 11.4. The summed E-state index contributed by atoms with van der Waals surface area (Å²) >= 11 is 7.13. The molecule has 0 saturated heterocycles. The maximum absolute atomic E-state index is 3.20. The minimum atomic E-state index is 1.18. The van der Waals surface area contributed by atoms with Crippen LogP contribution in [0.15, 0.2) is 0 Å². The highest BCUT2D eigenvalue weighted by Crippen LogP contribution is 2.12. The molecular weight excluding hydrogens is 308 g/mol. The van der Waals surface area contributed by atoms with Gasteiger partial charge in [-0.15, -0.1) is 0 Å². The minimum absolute atomic E-state index is 1.18. The van der Waals surface area contributed by atoms with Gasteiger partial charge < -0.3 is 0 Å². The van der Waals surface area contributed by atoms with E-state index in [9.17, 15) is 0 Å². The minimum Gasteiger partial charge on any atom is -0.0742 e. The van der Waals surface area contributed by atoms with E-state index in [1.165, 1.54) is 68.0 Å². The van der Waals surface area contributed by atoms with Crippen molar-refractivity contribution in [2.45, 2.75) is 44.9 Å². The van der Waals surface area contributed by atoms with E-state index in [1.54, 1.807) is 47.0 Å². The summed E-state index contributed by atoms with van der Waals surface area (Å²) in [5.74, 6) is 4.74. The first kappa shape index (κ1) is 17.6. The third-order valence-corrected chi connectivity index (χ3v) is 5.82. The third-order valence-electron chi connectivity index (χ3n) is 2.61. The lowest BCUT2D eigenvalue weighted by Gasteiger charge is -1.97. The number of hydrogen-bond donors (Lipinski definition) is 0. The van der Waals surface area contributed by atoms with Gasteiger partial charge in [0, 0.05) is 23.0 Å². The van der Waals surface area contributed by atoms with E-state index < -0.39 is 0 Å². The zero-order chi connectivity index (χ0) is 13.4. The SMILES string of the molecule is C1#CSCCCCCSC#CSCCCCCCS1. The molecule has 0 amide bonds. The van der Waals surface area contributed by atoms with E-state index >= 15 is 0 Å². The van der Waals surface area contributed by atoms with Crippen LogP contribution in [0.3, 0.4) is 0 Å². The number of hydrogen-bond acceptors (Lipinski definition) is 4. The van der Waals surface area contributed by atoms with Crippen molar-refractivity contribution < 1.29 is 0 Å². The van der Waals surface area contributed by atoms with Crippen molar-refractivity contribution in [1.82, 2.24) is 0 Å². The van der Waals surface area contributed by atoms with Crippen LogP contribution >= 0.6 is 47.0 Å². The van der Waals surface area contributed by atoms with Crippen molar-refractivity contribution in [2.75, 3.05) is 23.0 Å². The third kappa shape index (κ3) is 13.3. The molecule has 0 aliphatic carbocycles. The van der Waals surface area contributed by atoms with Crippen LogP contribution in [0, 0.1) is 21.0 Å². The van der Waals surface area contributed by atoms with E-state index in [1.807, 2.05) is 0 Å². The molecule has 106 valence electrons. The van der Waals surface area contributed by atoms with Gasteiger partial charge in [0.15, 0.2) is 0 Å². The summed E-state index contributed by atoms with van der Waals surface area (Å²) in [6.45, 7) is 0. The Bertz CT molecular complexity index is 287. The lowest BCUT2D eigenvalue weighted by Crippen LogP contribution is -1.82. The van der Waals surface area contributed by atoms with E-state index in [0.29, 0.717) is 0 Å². The fourth-order valence-corrected chi connectivity index (χ4v) is 4.29. The zero-order valence-corrected chi connectivity index (χ0v) is 14.7. The number of rotatable bonds is 0. The monoisotopic (exact) mass is 330 g/mol. The van der Waals surface area contributed by atoms with Gasteiger partial charge in [-0.3, -0.25) is 0 Å². The summed E-state index contributed by atoms with van der Waals surface area (Å²) in [5, 5.41) is 12.8. The first-order chi connectivity index (χ1) is 9.50. The maximum atomic E-state index is 3.20. The molecule has 0 aromatic carbocycles. The van der Waals surface area contributed by atoms with E-state index in [-0.39, 0.29) is 0 Å². The molecular formula is C15H22S4. The van der Waals surface area contributed by atoms with Gasteiger partial charge in [-0.05, 0) is 46.7 Å². The summed E-state index contributed by atoms with van der Waals surface area (Å²) in [7, 11) is 0. The Morgan fingerprint density at radius 3 is 0.947 bits per heavy atom. The molecule has 1 aliphatic heterocycles. The molecule has 0 saturated carbocycles. The largest absolute Gasteiger partial charge is 0.0742 e. The molecule has 1 aliphatic rings. The molecule has 0 N–H and O–H groups in total. The molecule has 0 aromatic heterocycles. The molecule has 0 fully saturated rings. The molecule has 1 heterocycles. The lowest BCUT2D eigenvalue weighted by atomic mass is 10.2. The molecule has 0 radical (unpaired) electrons. The predicted octanol–water partition coefficient (Wildman–Crippen LogP) is 5.50. The van der Waals surface area contributed by atoms with Crippen molar-refractivity contribution in [3.63, 3.8) is 0 Å². The second kappa shape index (κ2) is 14.9. The Morgan fingerprint density at radius 1 is 0.368 bits per heavy atom. The van der Waals surface area contributed by atoms with Crippen LogP contribution in [0.5, 0.6) is 0 Å². The summed E-state index contributed by atoms with van der Waals surface area (Å²) in [6, 6.07) is 0. The van der Waals surface area contributed by atoms with Crippen molar-refractivity contribution >= 4 is 47.0 Å². The van der Waals surface area contributed by atoms with E-state index in [0.717, 1.165) is 0 Å². The maximum Gasteiger partial charge on any atom is 0.00570 e. The average Bonchev–Trinajstić information content (AvgIpc) is 2.43. The summed E-state index contributed by atoms with van der Waals surface area (Å²) in [6.07, 6.45) is 9.16. The Balaban J connectivity index is 2.16. The second-order valence-corrected chi connectivity index (χ2v) is 7.88. The topological polar surface area (TPSA) is 0 Å². The van der Waals surface area contributed by atoms with Crippen LogP contribution in [0.25, 0.3) is 0 Å². The summed E-state index contributed by atoms with van der Waals surface area (Å²) < 4.78 is 0. The van der Waals surface area contributed by atoms with Crippen LogP contribution in [0.2, 0.25) is 0 Å². The van der Waals surface area contributed by atoms with Crippen molar-refractivity contribution in [2.24, 2.45) is 0 Å². The van der Waals surface area contributed by atoms with Crippen LogP contribution in [-0.4, -0.2) is 23.0 Å². The molecule has 0 spiro atoms. The first-order valence-corrected chi connectivity index (χ1v) is 10.9. The Labute approximate surface area is 135 Å². The average molecular weight is 331 g/mol. The fourth-order valence-electron chi connectivity index (χ4n) is 1.55. The molecule has 4 heteroatoms. The normalized spacial score (nSPS) is 20.6. The van der Waals surface area contributed by atoms with Crippen LogP contribution in [0.4, 0.5) is 0 Å². The standard InChI is InChI=1S/C15H22S4/c1-2-5-9-17-13-15-19-11-7-3-6-10-18-14-12-16-8-4-1/h1-11H2. The molecule has 0 unspecified atom stereocenters. The molecule has 1 rings (SSSR count). The van der Waals surface area contributed by atoms with Crippen molar-refractivity contribution in [1.29, 1.82) is 0 Å². The second-order valence-electron chi connectivity index (χ2n) is 4.28. The van der Waals surface area contributed by atoms with Gasteiger partial charge in [-0.1, -0.05) is 66.3 Å². The van der Waals surface area contributed by atoms with Crippen LogP contribution in [0.1, 0.15) is 44.9 Å². The van der Waals surface area contributed by atoms with Gasteiger partial charge in [-0.25, -0.2) is 0 Å². The molecule has 0 nitrogen and oxygen atoms in total. The Kier molecular flexibility index (Phi) is 13.8. The molecule has 0 aromatic rings. The Hall–Kier alpha value is 0.520. The summed E-state index contributed by atoms with van der Waals surface area (Å²) in [4.78, 5) is 0. The predicted molar refractivity (Wildman–Crippen MR) is 97.7 cm³/mol. The van der Waals surface area contributed by atoms with Gasteiger partial charge in [0.2, 0.25) is 0 Å². The van der Waals surface area contributed by atoms with E-state index in [2.05, 4.69) is 21.0 Å². The van der Waals surface area contributed by atoms with Crippen molar-refractivity contribution in [3.8, 4) is 21.0 Å². The highest BCUT2D eigenvalue weighted by molar-refractivity contribution is 8.07. The Morgan fingerprint density at radius 2 is 0.632 bits per heavy atom. The first-order valence-electron chi connectivity index (χ1n) is 6.97. The molecule has 0 atom stereocenters. The van der Waals surface area contributed by atoms with Gasteiger partial charge in [0.1, 0.15) is 0 Å². The van der Waals surface area contributed by atoms with E-state index in [4.69, 9.17) is 0 Å². The highest BCUT2D eigenvalue weighted by atomic mass is 32.2. The fraction of sp³-hybridized carbons (Fsp3) is 0.733. The van der Waals surface area contributed by atoms with Gasteiger partial charge in [0.05, 0.1) is 0 Å². The smallest absolute Gasteiger partial charge is 0.00570 e. The van der Waals surface area contributed by atoms with Gasteiger partial charge >= 0.3 is 0 Å². The van der Waals surface area contributed by atoms with Crippen LogP contribution < -0.4 is 0 Å². The lowest BCUT2D eigenvalue weighted by molar-refractivity contribution is 0.712. The molecule has 0 bridgehead atoms. The van der Waals surface area contributed by atoms with Gasteiger partial charge in [0.25, 0.3) is 0 Å². The van der Waals surface area contributed by atoms with Crippen molar-refractivity contribution in [3.05, 3.63) is 0 Å². The molecule has 19 heavy (non-hydrogen) atoms.